The number of carbonyl (C=O) groups is 3. The summed E-state index contributed by atoms with van der Waals surface area (Å²) in [4.78, 5) is 37.8. The molecule has 2 aromatic rings. The van der Waals surface area contributed by atoms with Crippen molar-refractivity contribution in [3.05, 3.63) is 58.5 Å². The van der Waals surface area contributed by atoms with Gasteiger partial charge in [-0.1, -0.05) is 0 Å². The van der Waals surface area contributed by atoms with E-state index in [1.165, 1.54) is 20.3 Å². The molecule has 0 atom stereocenters. The second-order valence-corrected chi connectivity index (χ2v) is 7.08. The quantitative estimate of drug-likeness (QED) is 0.699. The number of methoxy groups -OCH3 is 2. The van der Waals surface area contributed by atoms with Gasteiger partial charge in [0, 0.05) is 12.1 Å². The van der Waals surface area contributed by atoms with Gasteiger partial charge in [0.1, 0.15) is 29.7 Å². The Bertz CT molecular complexity index is 1040. The number of benzene rings is 2. The fraction of sp³-hybridized carbons (Fsp3) is 0.150. The molecule has 0 aliphatic carbocycles. The van der Waals surface area contributed by atoms with Crippen LogP contribution < -0.4 is 14.8 Å². The van der Waals surface area contributed by atoms with E-state index in [4.69, 9.17) is 9.47 Å². The third-order valence-electron chi connectivity index (χ3n) is 4.05. The van der Waals surface area contributed by atoms with Crippen molar-refractivity contribution >= 4 is 40.6 Å². The predicted molar refractivity (Wildman–Crippen MR) is 107 cm³/mol. The lowest BCUT2D eigenvalue weighted by Gasteiger charge is -2.12. The van der Waals surface area contributed by atoms with E-state index in [-0.39, 0.29) is 10.6 Å². The standard InChI is InChI=1S/C20H16F2N2O5S/c1-28-13-5-11(6-14(9-13)29-2)7-17-19(26)24(20(27)30-17)10-18(25)23-16-4-3-12(21)8-15(16)22/h3-9H,10H2,1-2H3,(H,23,25)/b17-7+. The monoisotopic (exact) mass is 434 g/mol. The van der Waals surface area contributed by atoms with Gasteiger partial charge in [-0.2, -0.15) is 0 Å². The Labute approximate surface area is 174 Å². The Balaban J connectivity index is 1.74. The number of imide groups is 1. The molecule has 7 nitrogen and oxygen atoms in total. The number of hydrogen-bond acceptors (Lipinski definition) is 6. The molecule has 0 unspecified atom stereocenters. The average molecular weight is 434 g/mol. The van der Waals surface area contributed by atoms with Crippen LogP contribution in [-0.4, -0.2) is 42.7 Å². The van der Waals surface area contributed by atoms with E-state index in [9.17, 15) is 23.2 Å². The zero-order chi connectivity index (χ0) is 21.8. The van der Waals surface area contributed by atoms with Gasteiger partial charge in [0.15, 0.2) is 0 Å². The molecule has 1 fully saturated rings. The van der Waals surface area contributed by atoms with Crippen molar-refractivity contribution in [2.45, 2.75) is 0 Å². The maximum absolute atomic E-state index is 13.7. The first-order valence-corrected chi connectivity index (χ1v) is 9.35. The van der Waals surface area contributed by atoms with Gasteiger partial charge >= 0.3 is 0 Å². The average Bonchev–Trinajstić information content (AvgIpc) is 2.97. The highest BCUT2D eigenvalue weighted by atomic mass is 32.2. The van der Waals surface area contributed by atoms with Crippen LogP contribution in [-0.2, 0) is 9.59 Å². The van der Waals surface area contributed by atoms with Gasteiger partial charge < -0.3 is 14.8 Å². The molecule has 0 saturated carbocycles. The topological polar surface area (TPSA) is 84.9 Å². The number of rotatable bonds is 6. The van der Waals surface area contributed by atoms with E-state index in [2.05, 4.69) is 5.32 Å². The molecule has 0 aromatic heterocycles. The molecular formula is C20H16F2N2O5S. The van der Waals surface area contributed by atoms with Gasteiger partial charge in [-0.3, -0.25) is 19.3 Å². The molecular weight excluding hydrogens is 418 g/mol. The Morgan fingerprint density at radius 3 is 2.37 bits per heavy atom. The van der Waals surface area contributed by atoms with E-state index >= 15 is 0 Å². The molecule has 1 saturated heterocycles. The van der Waals surface area contributed by atoms with Crippen LogP contribution in [0.3, 0.4) is 0 Å². The fourth-order valence-electron chi connectivity index (χ4n) is 2.62. The summed E-state index contributed by atoms with van der Waals surface area (Å²) in [6.45, 7) is -0.611. The number of hydrogen-bond donors (Lipinski definition) is 1. The van der Waals surface area contributed by atoms with Crippen LogP contribution in [0.25, 0.3) is 6.08 Å². The molecule has 1 aliphatic rings. The summed E-state index contributed by atoms with van der Waals surface area (Å²) < 4.78 is 37.0. The lowest BCUT2D eigenvalue weighted by atomic mass is 10.2. The van der Waals surface area contributed by atoms with Gasteiger partial charge in [0.05, 0.1) is 24.8 Å². The van der Waals surface area contributed by atoms with Crippen LogP contribution >= 0.6 is 11.8 Å². The highest BCUT2D eigenvalue weighted by molar-refractivity contribution is 8.18. The Hall–Kier alpha value is -3.40. The summed E-state index contributed by atoms with van der Waals surface area (Å²) >= 11 is 0.670. The first kappa shape index (κ1) is 21.3. The Kier molecular flexibility index (Phi) is 6.36. The van der Waals surface area contributed by atoms with Crippen LogP contribution in [0.15, 0.2) is 41.3 Å². The van der Waals surface area contributed by atoms with Crippen molar-refractivity contribution in [1.29, 1.82) is 0 Å². The maximum Gasteiger partial charge on any atom is 0.294 e. The van der Waals surface area contributed by atoms with Gasteiger partial charge in [-0.25, -0.2) is 8.78 Å². The lowest BCUT2D eigenvalue weighted by molar-refractivity contribution is -0.127. The summed E-state index contributed by atoms with van der Waals surface area (Å²) in [5.74, 6) is -2.23. The number of amides is 3. The number of carbonyl (C=O) groups excluding carboxylic acids is 3. The van der Waals surface area contributed by atoms with Gasteiger partial charge in [-0.05, 0) is 47.7 Å². The Morgan fingerprint density at radius 2 is 1.77 bits per heavy atom. The van der Waals surface area contributed by atoms with Crippen molar-refractivity contribution in [2.75, 3.05) is 26.1 Å². The van der Waals surface area contributed by atoms with Crippen LogP contribution in [0, 0.1) is 11.6 Å². The SMILES string of the molecule is COc1cc(/C=C2/SC(=O)N(CC(=O)Nc3ccc(F)cc3F)C2=O)cc(OC)c1. The number of nitrogens with one attached hydrogen (secondary N) is 1. The molecule has 156 valence electrons. The summed E-state index contributed by atoms with van der Waals surface area (Å²) in [5, 5.41) is 1.57. The molecule has 3 rings (SSSR count). The summed E-state index contributed by atoms with van der Waals surface area (Å²) in [7, 11) is 2.96. The zero-order valence-electron chi connectivity index (χ0n) is 15.9. The fourth-order valence-corrected chi connectivity index (χ4v) is 3.46. The third-order valence-corrected chi connectivity index (χ3v) is 4.96. The molecule has 1 N–H and O–H groups in total. The smallest absolute Gasteiger partial charge is 0.294 e. The van der Waals surface area contributed by atoms with E-state index in [0.717, 1.165) is 17.0 Å². The first-order valence-electron chi connectivity index (χ1n) is 8.54. The predicted octanol–water partition coefficient (Wildman–Crippen LogP) is 3.66. The number of anilines is 1. The normalized spacial score (nSPS) is 14.9. The molecule has 1 aliphatic heterocycles. The van der Waals surface area contributed by atoms with Crippen molar-refractivity contribution < 1.29 is 32.6 Å². The summed E-state index contributed by atoms with van der Waals surface area (Å²) in [6, 6.07) is 7.60. The number of halogens is 2. The van der Waals surface area contributed by atoms with Crippen molar-refractivity contribution in [2.24, 2.45) is 0 Å². The number of ether oxygens (including phenoxy) is 2. The molecule has 0 bridgehead atoms. The van der Waals surface area contributed by atoms with Crippen LogP contribution in [0.4, 0.5) is 19.3 Å². The van der Waals surface area contributed by atoms with Gasteiger partial charge in [0.2, 0.25) is 5.91 Å². The number of thioether (sulfide) groups is 1. The molecule has 0 spiro atoms. The van der Waals surface area contributed by atoms with E-state index in [1.54, 1.807) is 18.2 Å². The molecule has 0 radical (unpaired) electrons. The first-order chi connectivity index (χ1) is 14.3. The molecule has 1 heterocycles. The van der Waals surface area contributed by atoms with Crippen LogP contribution in [0.5, 0.6) is 11.5 Å². The molecule has 3 amide bonds. The summed E-state index contributed by atoms with van der Waals surface area (Å²) in [6.07, 6.45) is 1.48. The Morgan fingerprint density at radius 1 is 1.10 bits per heavy atom. The maximum atomic E-state index is 13.7. The minimum absolute atomic E-state index is 0.107. The summed E-state index contributed by atoms with van der Waals surface area (Å²) in [5.41, 5.74) is 0.307. The van der Waals surface area contributed by atoms with E-state index in [0.29, 0.717) is 34.9 Å². The molecule has 30 heavy (non-hydrogen) atoms. The van der Waals surface area contributed by atoms with E-state index < -0.39 is 35.2 Å². The van der Waals surface area contributed by atoms with E-state index in [1.807, 2.05) is 0 Å². The van der Waals surface area contributed by atoms with Crippen molar-refractivity contribution in [3.63, 3.8) is 0 Å². The van der Waals surface area contributed by atoms with Crippen molar-refractivity contribution in [1.82, 2.24) is 4.90 Å². The highest BCUT2D eigenvalue weighted by Gasteiger charge is 2.36. The van der Waals surface area contributed by atoms with Crippen molar-refractivity contribution in [3.8, 4) is 11.5 Å². The van der Waals surface area contributed by atoms with Crippen LogP contribution in [0.1, 0.15) is 5.56 Å². The minimum atomic E-state index is -0.968. The second-order valence-electron chi connectivity index (χ2n) is 6.09. The lowest BCUT2D eigenvalue weighted by Crippen LogP contribution is -2.36. The van der Waals surface area contributed by atoms with Gasteiger partial charge in [-0.15, -0.1) is 0 Å². The minimum Gasteiger partial charge on any atom is -0.497 e. The van der Waals surface area contributed by atoms with Gasteiger partial charge in [0.25, 0.3) is 11.1 Å². The largest absolute Gasteiger partial charge is 0.497 e. The second kappa shape index (κ2) is 8.95. The third kappa shape index (κ3) is 4.77. The zero-order valence-corrected chi connectivity index (χ0v) is 16.7. The molecule has 2 aromatic carbocycles. The van der Waals surface area contributed by atoms with Crippen LogP contribution in [0.2, 0.25) is 0 Å². The number of nitrogens with zero attached hydrogens (tertiary/aromatic N) is 1. The molecule has 10 heteroatoms. The highest BCUT2D eigenvalue weighted by Crippen LogP contribution is 2.33.